The smallest absolute Gasteiger partial charge is 0.305 e. The van der Waals surface area contributed by atoms with E-state index in [4.69, 9.17) is 0 Å². The molecule has 0 aromatic carbocycles. The minimum atomic E-state index is -1.28. The van der Waals surface area contributed by atoms with E-state index < -0.39 is 30.2 Å². The first kappa shape index (κ1) is 29.7. The van der Waals surface area contributed by atoms with Crippen molar-refractivity contribution >= 4 is 30.0 Å². The zero-order chi connectivity index (χ0) is 26.3. The Bertz CT molecular complexity index is 740. The Kier molecular flexibility index (Phi) is 13.5. The predicted molar refractivity (Wildman–Crippen MR) is 135 cm³/mol. The van der Waals surface area contributed by atoms with E-state index in [2.05, 4.69) is 16.0 Å². The molecule has 2 rings (SSSR count). The minimum absolute atomic E-state index is 0.121. The van der Waals surface area contributed by atoms with Gasteiger partial charge in [0.05, 0.1) is 13.0 Å². The van der Waals surface area contributed by atoms with E-state index in [1.165, 1.54) is 4.90 Å². The lowest BCUT2D eigenvalue weighted by atomic mass is 9.87. The lowest BCUT2D eigenvalue weighted by Gasteiger charge is -2.28. The molecule has 2 fully saturated rings. The average Bonchev–Trinajstić information content (AvgIpc) is 2.84. The Labute approximate surface area is 214 Å². The molecule has 3 atom stereocenters. The fraction of sp³-hybridized carbons (Fsp3) is 0.808. The second-order valence-corrected chi connectivity index (χ2v) is 10.1. The van der Waals surface area contributed by atoms with E-state index in [1.54, 1.807) is 6.92 Å². The first-order chi connectivity index (χ1) is 17.3. The van der Waals surface area contributed by atoms with Crippen molar-refractivity contribution in [3.8, 4) is 0 Å². The van der Waals surface area contributed by atoms with Crippen molar-refractivity contribution in [3.63, 3.8) is 0 Å². The van der Waals surface area contributed by atoms with Crippen molar-refractivity contribution in [1.29, 1.82) is 0 Å². The van der Waals surface area contributed by atoms with Crippen molar-refractivity contribution in [2.45, 2.75) is 96.1 Å². The minimum Gasteiger partial charge on any atom is -0.481 e. The third kappa shape index (κ3) is 10.6. The molecule has 0 radical (unpaired) electrons. The van der Waals surface area contributed by atoms with Gasteiger partial charge < -0.3 is 30.8 Å². The van der Waals surface area contributed by atoms with Crippen LogP contribution in [-0.4, -0.2) is 78.2 Å². The number of rotatable bonds is 13. The van der Waals surface area contributed by atoms with E-state index in [0.717, 1.165) is 70.7 Å². The van der Waals surface area contributed by atoms with Crippen LogP contribution >= 0.6 is 0 Å². The molecular weight excluding hydrogens is 464 g/mol. The van der Waals surface area contributed by atoms with E-state index in [0.29, 0.717) is 31.7 Å². The van der Waals surface area contributed by atoms with Crippen LogP contribution in [0.2, 0.25) is 0 Å². The van der Waals surface area contributed by atoms with Gasteiger partial charge in [-0.1, -0.05) is 25.7 Å². The maximum atomic E-state index is 12.9. The van der Waals surface area contributed by atoms with Crippen molar-refractivity contribution in [1.82, 2.24) is 20.9 Å². The maximum Gasteiger partial charge on any atom is 0.305 e. The highest BCUT2D eigenvalue weighted by Crippen LogP contribution is 2.22. The molecule has 0 aromatic rings. The van der Waals surface area contributed by atoms with Crippen LogP contribution in [-0.2, 0) is 24.0 Å². The van der Waals surface area contributed by atoms with Crippen LogP contribution < -0.4 is 16.0 Å². The van der Waals surface area contributed by atoms with E-state index in [-0.39, 0.29) is 24.4 Å². The van der Waals surface area contributed by atoms with Crippen LogP contribution in [0.4, 0.5) is 0 Å². The lowest BCUT2D eigenvalue weighted by Crippen LogP contribution is -2.54. The molecule has 1 saturated heterocycles. The topological polar surface area (TPSA) is 145 Å². The summed E-state index contributed by atoms with van der Waals surface area (Å²) >= 11 is 0. The van der Waals surface area contributed by atoms with Gasteiger partial charge in [-0.15, -0.1) is 0 Å². The molecule has 1 aliphatic carbocycles. The Hall–Kier alpha value is -2.49. The number of hydrogen-bond acceptors (Lipinski definition) is 6. The van der Waals surface area contributed by atoms with E-state index in [9.17, 15) is 29.1 Å². The number of hydrogen-bond donors (Lipinski definition) is 4. The molecule has 10 nitrogen and oxygen atoms in total. The standard InChI is InChI=1S/C26H44N4O6/c1-2-30(24(33)11-7-8-19-12-14-27-15-13-19)17-23(32)28-22(16-25(34)35)26(36)29-21-10-6-4-3-5-9-20(21)18-31/h18-22,27H,2-17H2,1H3,(H,28,32)(H,29,36)(H,34,35)/t20?,21?,22-/m0/s1. The number of carboxylic acids is 1. The number of piperidine rings is 1. The average molecular weight is 509 g/mol. The van der Waals surface area contributed by atoms with Crippen LogP contribution in [0, 0.1) is 11.8 Å². The third-order valence-corrected chi connectivity index (χ3v) is 7.38. The Morgan fingerprint density at radius 2 is 1.75 bits per heavy atom. The number of nitrogens with one attached hydrogen (secondary N) is 3. The number of amides is 3. The van der Waals surface area contributed by atoms with Crippen molar-refractivity contribution in [2.24, 2.45) is 11.8 Å². The SMILES string of the molecule is CCN(CC(=O)N[C@@H](CC(=O)O)C(=O)NC1CCCCCCC1C=O)C(=O)CCCC1CCNCC1. The molecule has 0 aromatic heterocycles. The van der Waals surface area contributed by atoms with E-state index >= 15 is 0 Å². The zero-order valence-corrected chi connectivity index (χ0v) is 21.6. The molecule has 36 heavy (non-hydrogen) atoms. The highest BCUT2D eigenvalue weighted by molar-refractivity contribution is 5.92. The largest absolute Gasteiger partial charge is 0.481 e. The molecule has 204 valence electrons. The quantitative estimate of drug-likeness (QED) is 0.277. The summed E-state index contributed by atoms with van der Waals surface area (Å²) in [6.45, 7) is 3.93. The summed E-state index contributed by atoms with van der Waals surface area (Å²) in [5.41, 5.74) is 0. The molecule has 4 N–H and O–H groups in total. The summed E-state index contributed by atoms with van der Waals surface area (Å²) in [4.78, 5) is 62.7. The highest BCUT2D eigenvalue weighted by atomic mass is 16.4. The Morgan fingerprint density at radius 3 is 2.39 bits per heavy atom. The van der Waals surface area contributed by atoms with E-state index in [1.807, 2.05) is 0 Å². The third-order valence-electron chi connectivity index (χ3n) is 7.38. The molecule has 0 spiro atoms. The van der Waals surface area contributed by atoms with Crippen LogP contribution in [0.15, 0.2) is 0 Å². The van der Waals surface area contributed by atoms with Gasteiger partial charge in [-0.2, -0.15) is 0 Å². The van der Waals surface area contributed by atoms with Gasteiger partial charge in [-0.05, 0) is 64.5 Å². The van der Waals surface area contributed by atoms with Crippen molar-refractivity contribution < 1.29 is 29.1 Å². The summed E-state index contributed by atoms with van der Waals surface area (Å²) in [5, 5.41) is 17.9. The van der Waals surface area contributed by atoms with Crippen molar-refractivity contribution in [2.75, 3.05) is 26.2 Å². The first-order valence-electron chi connectivity index (χ1n) is 13.6. The normalized spacial score (nSPS) is 21.9. The zero-order valence-electron chi connectivity index (χ0n) is 21.6. The number of carbonyl (C=O) groups excluding carboxylic acids is 4. The highest BCUT2D eigenvalue weighted by Gasteiger charge is 2.30. The maximum absolute atomic E-state index is 12.9. The molecule has 2 aliphatic rings. The number of nitrogens with zero attached hydrogens (tertiary/aromatic N) is 1. The fourth-order valence-corrected chi connectivity index (χ4v) is 5.18. The fourth-order valence-electron chi connectivity index (χ4n) is 5.18. The molecule has 3 amide bonds. The second-order valence-electron chi connectivity index (χ2n) is 10.1. The number of likely N-dealkylation sites (N-methyl/N-ethyl adjacent to an activating group) is 1. The Balaban J connectivity index is 1.89. The monoisotopic (exact) mass is 508 g/mol. The molecule has 1 aliphatic heterocycles. The number of aldehydes is 1. The van der Waals surface area contributed by atoms with Gasteiger partial charge in [0, 0.05) is 24.9 Å². The summed E-state index contributed by atoms with van der Waals surface area (Å²) in [5.74, 6) is -2.22. The first-order valence-corrected chi connectivity index (χ1v) is 13.6. The molecular formula is C26H44N4O6. The van der Waals surface area contributed by atoms with Crippen LogP contribution in [0.1, 0.15) is 84.0 Å². The second kappa shape index (κ2) is 16.3. The molecule has 1 saturated carbocycles. The van der Waals surface area contributed by atoms with Gasteiger partial charge in [0.15, 0.2) is 0 Å². The van der Waals surface area contributed by atoms with Crippen LogP contribution in [0.5, 0.6) is 0 Å². The lowest BCUT2D eigenvalue weighted by molar-refractivity contribution is -0.142. The number of carbonyl (C=O) groups is 5. The van der Waals surface area contributed by atoms with Gasteiger partial charge in [0.25, 0.3) is 0 Å². The summed E-state index contributed by atoms with van der Waals surface area (Å²) in [6.07, 6.45) is 9.80. The van der Waals surface area contributed by atoms with Gasteiger partial charge in [0.1, 0.15) is 12.3 Å². The number of aliphatic carboxylic acids is 1. The van der Waals surface area contributed by atoms with Crippen molar-refractivity contribution in [3.05, 3.63) is 0 Å². The molecule has 10 heteroatoms. The predicted octanol–water partition coefficient (Wildman–Crippen LogP) is 1.62. The van der Waals surface area contributed by atoms with Crippen LogP contribution in [0.25, 0.3) is 0 Å². The van der Waals surface area contributed by atoms with Gasteiger partial charge in [-0.3, -0.25) is 19.2 Å². The van der Waals surface area contributed by atoms with Crippen LogP contribution in [0.3, 0.4) is 0 Å². The summed E-state index contributed by atoms with van der Waals surface area (Å²) < 4.78 is 0. The molecule has 2 unspecified atom stereocenters. The van der Waals surface area contributed by atoms with Gasteiger partial charge in [-0.25, -0.2) is 0 Å². The molecule has 0 bridgehead atoms. The Morgan fingerprint density at radius 1 is 1.06 bits per heavy atom. The number of carboxylic acid groups (broad SMARTS) is 1. The van der Waals surface area contributed by atoms with Gasteiger partial charge in [0.2, 0.25) is 17.7 Å². The molecule has 1 heterocycles. The summed E-state index contributed by atoms with van der Waals surface area (Å²) in [7, 11) is 0. The van der Waals surface area contributed by atoms with Gasteiger partial charge >= 0.3 is 5.97 Å². The summed E-state index contributed by atoms with van der Waals surface area (Å²) in [6, 6.07) is -1.65.